The smallest absolute Gasteiger partial charge is 0.231 e. The average molecular weight is 216 g/mol. The van der Waals surface area contributed by atoms with Crippen molar-refractivity contribution < 1.29 is 17.9 Å². The van der Waals surface area contributed by atoms with Crippen LogP contribution in [0.3, 0.4) is 0 Å². The van der Waals surface area contributed by atoms with Crippen molar-refractivity contribution in [1.29, 1.82) is 0 Å². The van der Waals surface area contributed by atoms with Crippen LogP contribution in [0.25, 0.3) is 0 Å². The van der Waals surface area contributed by atoms with Gasteiger partial charge in [-0.1, -0.05) is 7.43 Å². The first kappa shape index (κ1) is 10.8. The Morgan fingerprint density at radius 1 is 1.21 bits per heavy atom. The maximum absolute atomic E-state index is 11.1. The Balaban J connectivity index is 0.000000980. The number of benzene rings is 1. The van der Waals surface area contributed by atoms with Gasteiger partial charge in [-0.05, 0) is 12.1 Å². The van der Waals surface area contributed by atoms with Crippen molar-refractivity contribution in [3.63, 3.8) is 0 Å². The zero-order valence-electron chi connectivity index (χ0n) is 6.98. The lowest BCUT2D eigenvalue weighted by atomic mass is 10.3. The summed E-state index contributed by atoms with van der Waals surface area (Å²) in [5.74, 6) is 1.08. The van der Waals surface area contributed by atoms with Gasteiger partial charge in [0.1, 0.15) is 0 Å². The summed E-state index contributed by atoms with van der Waals surface area (Å²) in [5, 5.41) is 0. The van der Waals surface area contributed by atoms with Gasteiger partial charge >= 0.3 is 0 Å². The summed E-state index contributed by atoms with van der Waals surface area (Å²) in [6, 6.07) is 4.57. The van der Waals surface area contributed by atoms with E-state index in [4.69, 9.17) is 9.47 Å². The zero-order chi connectivity index (χ0) is 9.47. The van der Waals surface area contributed by atoms with E-state index in [0.717, 1.165) is 6.26 Å². The van der Waals surface area contributed by atoms with Crippen molar-refractivity contribution in [1.82, 2.24) is 0 Å². The van der Waals surface area contributed by atoms with Crippen molar-refractivity contribution in [2.24, 2.45) is 0 Å². The molecule has 0 saturated carbocycles. The molecule has 1 aliphatic heterocycles. The van der Waals surface area contributed by atoms with E-state index in [-0.39, 0.29) is 19.1 Å². The number of sulfone groups is 1. The molecule has 14 heavy (non-hydrogen) atoms. The molecular formula is C9H12O4S. The van der Waals surface area contributed by atoms with E-state index in [0.29, 0.717) is 11.5 Å². The number of hydrogen-bond acceptors (Lipinski definition) is 4. The summed E-state index contributed by atoms with van der Waals surface area (Å²) in [5.41, 5.74) is 0. The van der Waals surface area contributed by atoms with Crippen LogP contribution < -0.4 is 9.47 Å². The van der Waals surface area contributed by atoms with Gasteiger partial charge in [-0.15, -0.1) is 0 Å². The second-order valence-electron chi connectivity index (χ2n) is 2.79. The van der Waals surface area contributed by atoms with E-state index in [2.05, 4.69) is 0 Å². The predicted molar refractivity (Wildman–Crippen MR) is 52.4 cm³/mol. The number of hydrogen-bond donors (Lipinski definition) is 0. The maximum atomic E-state index is 11.1. The van der Waals surface area contributed by atoms with Crippen LogP contribution in [0.1, 0.15) is 7.43 Å². The monoisotopic (exact) mass is 216 g/mol. The van der Waals surface area contributed by atoms with Gasteiger partial charge in [0, 0.05) is 12.3 Å². The summed E-state index contributed by atoms with van der Waals surface area (Å²) < 4.78 is 32.4. The van der Waals surface area contributed by atoms with Gasteiger partial charge in [0.25, 0.3) is 0 Å². The summed E-state index contributed by atoms with van der Waals surface area (Å²) in [6.07, 6.45) is 1.16. The molecule has 0 amide bonds. The van der Waals surface area contributed by atoms with E-state index < -0.39 is 9.84 Å². The highest BCUT2D eigenvalue weighted by Crippen LogP contribution is 2.33. The zero-order valence-corrected chi connectivity index (χ0v) is 7.80. The minimum Gasteiger partial charge on any atom is -0.454 e. The van der Waals surface area contributed by atoms with Crippen molar-refractivity contribution in [2.45, 2.75) is 12.3 Å². The van der Waals surface area contributed by atoms with Crippen LogP contribution in [0, 0.1) is 0 Å². The molecule has 2 rings (SSSR count). The Bertz CT molecular complexity index is 436. The van der Waals surface area contributed by atoms with Gasteiger partial charge in [0.2, 0.25) is 6.79 Å². The van der Waals surface area contributed by atoms with Crippen molar-refractivity contribution in [2.75, 3.05) is 13.0 Å². The molecule has 5 heteroatoms. The second kappa shape index (κ2) is 3.49. The summed E-state index contributed by atoms with van der Waals surface area (Å²) >= 11 is 0. The minimum absolute atomic E-state index is 0. The molecule has 1 heterocycles. The highest BCUT2D eigenvalue weighted by molar-refractivity contribution is 7.90. The van der Waals surface area contributed by atoms with Gasteiger partial charge in [0.05, 0.1) is 4.90 Å². The highest BCUT2D eigenvalue weighted by Gasteiger charge is 2.16. The normalized spacial score (nSPS) is 13.5. The molecule has 1 aromatic carbocycles. The molecule has 0 spiro atoms. The van der Waals surface area contributed by atoms with Crippen LogP contribution in [0.2, 0.25) is 0 Å². The molecule has 1 aromatic rings. The molecule has 0 radical (unpaired) electrons. The van der Waals surface area contributed by atoms with E-state index in [1.807, 2.05) is 0 Å². The molecule has 78 valence electrons. The van der Waals surface area contributed by atoms with Crippen LogP contribution in [0.15, 0.2) is 23.1 Å². The fourth-order valence-corrected chi connectivity index (χ4v) is 1.74. The van der Waals surface area contributed by atoms with Gasteiger partial charge < -0.3 is 9.47 Å². The first-order chi connectivity index (χ1) is 6.07. The Morgan fingerprint density at radius 3 is 2.50 bits per heavy atom. The molecule has 0 atom stereocenters. The molecule has 0 aliphatic carbocycles. The summed E-state index contributed by atoms with van der Waals surface area (Å²) in [4.78, 5) is 0.247. The lowest BCUT2D eigenvalue weighted by Gasteiger charge is -1.99. The molecule has 0 saturated heterocycles. The van der Waals surface area contributed by atoms with Crippen LogP contribution in [0.4, 0.5) is 0 Å². The van der Waals surface area contributed by atoms with E-state index in [1.54, 1.807) is 6.07 Å². The largest absolute Gasteiger partial charge is 0.454 e. The fourth-order valence-electron chi connectivity index (χ4n) is 1.11. The van der Waals surface area contributed by atoms with Crippen molar-refractivity contribution in [3.8, 4) is 11.5 Å². The quantitative estimate of drug-likeness (QED) is 0.713. The van der Waals surface area contributed by atoms with E-state index >= 15 is 0 Å². The summed E-state index contributed by atoms with van der Waals surface area (Å²) in [7, 11) is -3.16. The Labute approximate surface area is 83.4 Å². The summed E-state index contributed by atoms with van der Waals surface area (Å²) in [6.45, 7) is 0.155. The second-order valence-corrected chi connectivity index (χ2v) is 4.80. The molecule has 4 nitrogen and oxygen atoms in total. The van der Waals surface area contributed by atoms with Crippen LogP contribution in [-0.4, -0.2) is 21.5 Å². The SMILES string of the molecule is C.CS(=O)(=O)c1ccc2c(c1)OCO2. The van der Waals surface area contributed by atoms with Gasteiger partial charge in [-0.3, -0.25) is 0 Å². The van der Waals surface area contributed by atoms with Crippen molar-refractivity contribution in [3.05, 3.63) is 18.2 Å². The minimum atomic E-state index is -3.16. The molecule has 1 aliphatic rings. The first-order valence-corrected chi connectivity index (χ1v) is 5.56. The van der Waals surface area contributed by atoms with Gasteiger partial charge in [-0.25, -0.2) is 8.42 Å². The first-order valence-electron chi connectivity index (χ1n) is 3.67. The molecule has 0 aromatic heterocycles. The Kier molecular flexibility index (Phi) is 2.71. The third kappa shape index (κ3) is 1.82. The van der Waals surface area contributed by atoms with Crippen LogP contribution in [0.5, 0.6) is 11.5 Å². The fraction of sp³-hybridized carbons (Fsp3) is 0.333. The predicted octanol–water partition coefficient (Wildman–Crippen LogP) is 1.45. The average Bonchev–Trinajstić information content (AvgIpc) is 2.47. The van der Waals surface area contributed by atoms with Crippen molar-refractivity contribution >= 4 is 9.84 Å². The third-order valence-corrected chi connectivity index (χ3v) is 2.88. The van der Waals surface area contributed by atoms with Crippen LogP contribution >= 0.6 is 0 Å². The Morgan fingerprint density at radius 2 is 1.86 bits per heavy atom. The number of fused-ring (bicyclic) bond motifs is 1. The Hall–Kier alpha value is -1.23. The maximum Gasteiger partial charge on any atom is 0.231 e. The lowest BCUT2D eigenvalue weighted by Crippen LogP contribution is -1.96. The van der Waals surface area contributed by atoms with Gasteiger partial charge in [-0.2, -0.15) is 0 Å². The molecule has 0 bridgehead atoms. The molecule has 0 N–H and O–H groups in total. The number of rotatable bonds is 1. The standard InChI is InChI=1S/C8H8O4S.CH4/c1-13(9,10)6-2-3-7-8(4-6)12-5-11-7;/h2-4H,5H2,1H3;1H4. The molecular weight excluding hydrogens is 204 g/mol. The van der Waals surface area contributed by atoms with E-state index in [1.165, 1.54) is 12.1 Å². The van der Waals surface area contributed by atoms with E-state index in [9.17, 15) is 8.42 Å². The van der Waals surface area contributed by atoms with Gasteiger partial charge in [0.15, 0.2) is 21.3 Å². The third-order valence-electron chi connectivity index (χ3n) is 1.77. The molecule has 0 unspecified atom stereocenters. The number of ether oxygens (including phenoxy) is 2. The lowest BCUT2D eigenvalue weighted by molar-refractivity contribution is 0.174. The molecule has 0 fully saturated rings. The highest BCUT2D eigenvalue weighted by atomic mass is 32.2. The van der Waals surface area contributed by atoms with Crippen LogP contribution in [-0.2, 0) is 9.84 Å². The topological polar surface area (TPSA) is 52.6 Å².